The van der Waals surface area contributed by atoms with Crippen molar-refractivity contribution < 1.29 is 28.6 Å². The van der Waals surface area contributed by atoms with Crippen LogP contribution in [0.25, 0.3) is 0 Å². The Hall–Kier alpha value is -3.66. The van der Waals surface area contributed by atoms with Gasteiger partial charge in [0.25, 0.3) is 5.91 Å². The van der Waals surface area contributed by atoms with Crippen LogP contribution in [0.3, 0.4) is 0 Å². The van der Waals surface area contributed by atoms with Crippen LogP contribution in [0.2, 0.25) is 0 Å². The van der Waals surface area contributed by atoms with Gasteiger partial charge in [0.1, 0.15) is 6.04 Å². The van der Waals surface area contributed by atoms with Crippen LogP contribution in [0.5, 0.6) is 11.5 Å². The summed E-state index contributed by atoms with van der Waals surface area (Å²) in [5, 5.41) is 3.18. The topological polar surface area (TPSA) is 97.4 Å². The van der Waals surface area contributed by atoms with Gasteiger partial charge in [-0.3, -0.25) is 14.5 Å². The molecule has 0 radical (unpaired) electrons. The third-order valence-corrected chi connectivity index (χ3v) is 6.02. The molecule has 2 aliphatic heterocycles. The van der Waals surface area contributed by atoms with Gasteiger partial charge in [-0.05, 0) is 68.0 Å². The number of carbonyl (C=O) groups excluding carboxylic acids is 3. The maximum absolute atomic E-state index is 13.0. The standard InChI is InChI=1S/C24H25N3O6S/c1-3-26-22(29)18(12-21(28)25-17-8-6-16(7-9-17)23(30)31-4-2)27(24(26)34)13-15-5-10-19-20(11-15)33-14-32-19/h5-11,18H,3-4,12-14H2,1-2H3,(H,25,28)/t18-/m1/s1. The molecule has 1 fully saturated rings. The van der Waals surface area contributed by atoms with E-state index in [2.05, 4.69) is 5.32 Å². The molecule has 10 heteroatoms. The molecule has 1 saturated heterocycles. The van der Waals surface area contributed by atoms with Crippen molar-refractivity contribution in [2.45, 2.75) is 32.9 Å². The molecular formula is C24H25N3O6S. The summed E-state index contributed by atoms with van der Waals surface area (Å²) in [4.78, 5) is 40.9. The maximum atomic E-state index is 13.0. The number of thiocarbonyl (C=S) groups is 1. The number of likely N-dealkylation sites (N-methyl/N-ethyl adjacent to an activating group) is 1. The van der Waals surface area contributed by atoms with E-state index in [0.29, 0.717) is 41.0 Å². The summed E-state index contributed by atoms with van der Waals surface area (Å²) in [6.07, 6.45) is -0.0698. The van der Waals surface area contributed by atoms with E-state index >= 15 is 0 Å². The Balaban J connectivity index is 1.45. The summed E-state index contributed by atoms with van der Waals surface area (Å²) in [7, 11) is 0. The van der Waals surface area contributed by atoms with E-state index in [1.54, 1.807) is 36.1 Å². The maximum Gasteiger partial charge on any atom is 0.338 e. The third-order valence-electron chi connectivity index (χ3n) is 5.57. The van der Waals surface area contributed by atoms with Crippen molar-refractivity contribution >= 4 is 40.8 Å². The molecule has 4 rings (SSSR count). The molecule has 2 aromatic rings. The minimum absolute atomic E-state index is 0.0698. The van der Waals surface area contributed by atoms with E-state index in [4.69, 9.17) is 26.4 Å². The lowest BCUT2D eigenvalue weighted by molar-refractivity contribution is -0.130. The van der Waals surface area contributed by atoms with Gasteiger partial charge in [0.15, 0.2) is 16.6 Å². The number of benzene rings is 2. The zero-order valence-electron chi connectivity index (χ0n) is 18.9. The molecular weight excluding hydrogens is 458 g/mol. The molecule has 178 valence electrons. The molecule has 0 saturated carbocycles. The van der Waals surface area contributed by atoms with E-state index < -0.39 is 12.0 Å². The highest BCUT2D eigenvalue weighted by atomic mass is 32.1. The molecule has 0 aromatic heterocycles. The number of esters is 1. The lowest BCUT2D eigenvalue weighted by atomic mass is 10.1. The average Bonchev–Trinajstić information content (AvgIpc) is 3.37. The Morgan fingerprint density at radius 1 is 1.12 bits per heavy atom. The molecule has 1 N–H and O–H groups in total. The van der Waals surface area contributed by atoms with Crippen LogP contribution >= 0.6 is 12.2 Å². The summed E-state index contributed by atoms with van der Waals surface area (Å²) in [5.74, 6) is 0.342. The van der Waals surface area contributed by atoms with Gasteiger partial charge >= 0.3 is 5.97 Å². The number of rotatable bonds is 8. The molecule has 9 nitrogen and oxygen atoms in total. The largest absolute Gasteiger partial charge is 0.462 e. The van der Waals surface area contributed by atoms with Gasteiger partial charge in [-0.2, -0.15) is 0 Å². The fourth-order valence-electron chi connectivity index (χ4n) is 3.89. The van der Waals surface area contributed by atoms with Crippen LogP contribution < -0.4 is 14.8 Å². The van der Waals surface area contributed by atoms with Crippen LogP contribution in [0.1, 0.15) is 36.2 Å². The highest BCUT2D eigenvalue weighted by Gasteiger charge is 2.42. The number of ether oxygens (including phenoxy) is 3. The van der Waals surface area contributed by atoms with E-state index in [0.717, 1.165) is 5.56 Å². The number of nitrogens with one attached hydrogen (secondary N) is 1. The Morgan fingerprint density at radius 2 is 1.85 bits per heavy atom. The fourth-order valence-corrected chi connectivity index (χ4v) is 4.30. The molecule has 2 amide bonds. The molecule has 0 unspecified atom stereocenters. The summed E-state index contributed by atoms with van der Waals surface area (Å²) < 4.78 is 15.8. The monoisotopic (exact) mass is 483 g/mol. The van der Waals surface area contributed by atoms with Crippen molar-refractivity contribution in [3.63, 3.8) is 0 Å². The molecule has 34 heavy (non-hydrogen) atoms. The van der Waals surface area contributed by atoms with E-state index in [-0.39, 0.29) is 31.6 Å². The van der Waals surface area contributed by atoms with Gasteiger partial charge in [-0.25, -0.2) is 4.79 Å². The van der Waals surface area contributed by atoms with E-state index in [1.807, 2.05) is 25.1 Å². The molecule has 0 spiro atoms. The second-order valence-electron chi connectivity index (χ2n) is 7.75. The van der Waals surface area contributed by atoms with Crippen molar-refractivity contribution in [2.75, 3.05) is 25.3 Å². The lowest BCUT2D eigenvalue weighted by Gasteiger charge is -2.24. The summed E-state index contributed by atoms with van der Waals surface area (Å²) in [5.41, 5.74) is 1.79. The fraction of sp³-hybridized carbons (Fsp3) is 0.333. The second kappa shape index (κ2) is 10.1. The number of hydrogen-bond donors (Lipinski definition) is 1. The predicted octanol–water partition coefficient (Wildman–Crippen LogP) is 2.94. The minimum atomic E-state index is -0.725. The Bertz CT molecular complexity index is 1120. The predicted molar refractivity (Wildman–Crippen MR) is 128 cm³/mol. The summed E-state index contributed by atoms with van der Waals surface area (Å²) >= 11 is 5.56. The molecule has 2 aliphatic rings. The number of carbonyl (C=O) groups is 3. The van der Waals surface area contributed by atoms with Crippen molar-refractivity contribution in [3.05, 3.63) is 53.6 Å². The first-order valence-corrected chi connectivity index (χ1v) is 11.4. The van der Waals surface area contributed by atoms with Crippen LogP contribution in [0.15, 0.2) is 42.5 Å². The van der Waals surface area contributed by atoms with Gasteiger partial charge < -0.3 is 24.4 Å². The summed E-state index contributed by atoms with van der Waals surface area (Å²) in [6.45, 7) is 4.81. The van der Waals surface area contributed by atoms with E-state index in [9.17, 15) is 14.4 Å². The van der Waals surface area contributed by atoms with Crippen LogP contribution in [-0.2, 0) is 20.9 Å². The highest BCUT2D eigenvalue weighted by Crippen LogP contribution is 2.34. The zero-order valence-corrected chi connectivity index (χ0v) is 19.7. The Morgan fingerprint density at radius 3 is 2.56 bits per heavy atom. The molecule has 2 aromatic carbocycles. The van der Waals surface area contributed by atoms with Crippen molar-refractivity contribution in [2.24, 2.45) is 0 Å². The lowest BCUT2D eigenvalue weighted by Crippen LogP contribution is -2.37. The SMILES string of the molecule is CCOC(=O)c1ccc(NC(=O)C[C@@H]2C(=O)N(CC)C(=S)N2Cc2ccc3c(c2)OCO3)cc1. The summed E-state index contributed by atoms with van der Waals surface area (Å²) in [6, 6.07) is 11.2. The molecule has 0 aliphatic carbocycles. The Labute approximate surface area is 202 Å². The highest BCUT2D eigenvalue weighted by molar-refractivity contribution is 7.80. The number of nitrogens with zero attached hydrogens (tertiary/aromatic N) is 2. The molecule has 0 bridgehead atoms. The second-order valence-corrected chi connectivity index (χ2v) is 8.11. The first kappa shape index (κ1) is 23.5. The van der Waals surface area contributed by atoms with Crippen molar-refractivity contribution in [1.82, 2.24) is 9.80 Å². The van der Waals surface area contributed by atoms with Crippen molar-refractivity contribution in [1.29, 1.82) is 0 Å². The first-order valence-electron chi connectivity index (χ1n) is 11.0. The Kier molecular flexibility index (Phi) is 6.97. The minimum Gasteiger partial charge on any atom is -0.462 e. The molecule has 1 atom stereocenters. The van der Waals surface area contributed by atoms with Gasteiger partial charge in [-0.15, -0.1) is 0 Å². The zero-order chi connectivity index (χ0) is 24.2. The third kappa shape index (κ3) is 4.81. The number of hydrogen-bond acceptors (Lipinski definition) is 7. The average molecular weight is 484 g/mol. The normalized spacial score (nSPS) is 16.7. The van der Waals surface area contributed by atoms with Gasteiger partial charge in [0.05, 0.1) is 18.6 Å². The van der Waals surface area contributed by atoms with Gasteiger partial charge in [0.2, 0.25) is 12.7 Å². The van der Waals surface area contributed by atoms with Gasteiger partial charge in [0, 0.05) is 18.8 Å². The first-order chi connectivity index (χ1) is 16.4. The molecule has 2 heterocycles. The van der Waals surface area contributed by atoms with Crippen LogP contribution in [-0.4, -0.2) is 58.7 Å². The quantitative estimate of drug-likeness (QED) is 0.452. The van der Waals surface area contributed by atoms with E-state index in [1.165, 1.54) is 4.90 Å². The van der Waals surface area contributed by atoms with Gasteiger partial charge in [-0.1, -0.05) is 6.07 Å². The number of fused-ring (bicyclic) bond motifs is 1. The smallest absolute Gasteiger partial charge is 0.338 e. The van der Waals surface area contributed by atoms with Crippen LogP contribution in [0.4, 0.5) is 5.69 Å². The van der Waals surface area contributed by atoms with Crippen LogP contribution in [0, 0.1) is 0 Å². The van der Waals surface area contributed by atoms with Crippen molar-refractivity contribution in [3.8, 4) is 11.5 Å². The number of amides is 2. The number of anilines is 1.